The van der Waals surface area contributed by atoms with Gasteiger partial charge in [0.05, 0.1) is 6.10 Å². The van der Waals surface area contributed by atoms with Crippen molar-refractivity contribution in [3.63, 3.8) is 0 Å². The highest BCUT2D eigenvalue weighted by Crippen LogP contribution is 2.18. The first-order valence-electron chi connectivity index (χ1n) is 12.2. The third-order valence-corrected chi connectivity index (χ3v) is 6.42. The normalized spacial score (nSPS) is 17.7. The molecule has 0 aliphatic carbocycles. The number of ether oxygens (including phenoxy) is 1. The van der Waals surface area contributed by atoms with Crippen LogP contribution in [0.3, 0.4) is 0 Å². The maximum absolute atomic E-state index is 13.2. The molecule has 2 aliphatic heterocycles. The van der Waals surface area contributed by atoms with Crippen molar-refractivity contribution in [1.82, 2.24) is 24.9 Å². The minimum atomic E-state index is -0.321. The molecule has 1 unspecified atom stereocenters. The summed E-state index contributed by atoms with van der Waals surface area (Å²) in [4.78, 5) is 41.8. The molecule has 1 fully saturated rings. The smallest absolute Gasteiger partial charge is 0.274 e. The fourth-order valence-electron chi connectivity index (χ4n) is 4.42. The zero-order valence-corrected chi connectivity index (χ0v) is 20.0. The van der Waals surface area contributed by atoms with Crippen LogP contribution in [-0.2, 0) is 22.6 Å². The van der Waals surface area contributed by atoms with Crippen molar-refractivity contribution in [3.8, 4) is 0 Å². The van der Waals surface area contributed by atoms with Gasteiger partial charge in [0, 0.05) is 58.4 Å². The standard InChI is InChI=1S/C25H32FN5O4/c1-2-29(13-10-23(32)27-16-20-5-3-14-35-20)24(33)21-15-22-25(34)30(11-4-12-31(22)28-21)17-18-6-8-19(26)9-7-18/h6-9,15,20H,2-5,10-14,16-17H2,1H3,(H,27,32). The minimum absolute atomic E-state index is 0.0731. The van der Waals surface area contributed by atoms with Gasteiger partial charge in [0.2, 0.25) is 5.91 Å². The number of hydrogen-bond donors (Lipinski definition) is 1. The molecule has 0 saturated carbocycles. The number of aryl methyl sites for hydroxylation is 1. The van der Waals surface area contributed by atoms with Gasteiger partial charge in [-0.3, -0.25) is 19.1 Å². The van der Waals surface area contributed by atoms with E-state index in [2.05, 4.69) is 10.4 Å². The molecule has 3 heterocycles. The van der Waals surface area contributed by atoms with E-state index in [1.165, 1.54) is 18.2 Å². The molecule has 1 aromatic heterocycles. The number of rotatable bonds is 9. The average Bonchev–Trinajstić information content (AvgIpc) is 3.51. The molecule has 2 aliphatic rings. The van der Waals surface area contributed by atoms with Gasteiger partial charge in [-0.25, -0.2) is 4.39 Å². The van der Waals surface area contributed by atoms with Crippen LogP contribution in [0.15, 0.2) is 30.3 Å². The summed E-state index contributed by atoms with van der Waals surface area (Å²) in [5.74, 6) is -0.968. The quantitative estimate of drug-likeness (QED) is 0.588. The van der Waals surface area contributed by atoms with Crippen molar-refractivity contribution in [2.24, 2.45) is 0 Å². The number of halogens is 1. The lowest BCUT2D eigenvalue weighted by molar-refractivity contribution is -0.121. The number of carbonyl (C=O) groups is 3. The molecule has 0 radical (unpaired) electrons. The Morgan fingerprint density at radius 1 is 1.23 bits per heavy atom. The molecule has 1 N–H and O–H groups in total. The summed E-state index contributed by atoms with van der Waals surface area (Å²) >= 11 is 0. The van der Waals surface area contributed by atoms with Crippen LogP contribution in [0.1, 0.15) is 59.1 Å². The second kappa shape index (κ2) is 11.4. The first-order chi connectivity index (χ1) is 16.9. The Balaban J connectivity index is 1.36. The molecule has 3 amide bonds. The van der Waals surface area contributed by atoms with Gasteiger partial charge < -0.3 is 19.9 Å². The van der Waals surface area contributed by atoms with E-state index in [0.717, 1.165) is 25.0 Å². The Morgan fingerprint density at radius 2 is 2.03 bits per heavy atom. The van der Waals surface area contributed by atoms with E-state index in [-0.39, 0.29) is 48.3 Å². The number of fused-ring (bicyclic) bond motifs is 1. The van der Waals surface area contributed by atoms with E-state index in [1.54, 1.807) is 26.6 Å². The number of hydrogen-bond acceptors (Lipinski definition) is 5. The molecular weight excluding hydrogens is 453 g/mol. The topological polar surface area (TPSA) is 96.8 Å². The fraction of sp³-hybridized carbons (Fsp3) is 0.520. The Kier molecular flexibility index (Phi) is 8.12. The van der Waals surface area contributed by atoms with E-state index in [0.29, 0.717) is 44.8 Å². The maximum atomic E-state index is 13.2. The van der Waals surface area contributed by atoms with Gasteiger partial charge in [0.1, 0.15) is 11.5 Å². The van der Waals surface area contributed by atoms with Crippen LogP contribution in [0.4, 0.5) is 4.39 Å². The number of carbonyl (C=O) groups excluding carboxylic acids is 3. The van der Waals surface area contributed by atoms with Gasteiger partial charge in [0.25, 0.3) is 11.8 Å². The zero-order chi connectivity index (χ0) is 24.8. The van der Waals surface area contributed by atoms with Crippen LogP contribution in [0.25, 0.3) is 0 Å². The molecule has 1 aromatic carbocycles. The van der Waals surface area contributed by atoms with Crippen molar-refractivity contribution >= 4 is 17.7 Å². The molecule has 0 bridgehead atoms. The van der Waals surface area contributed by atoms with Gasteiger partial charge in [-0.2, -0.15) is 5.10 Å². The van der Waals surface area contributed by atoms with E-state index < -0.39 is 0 Å². The molecule has 2 aromatic rings. The monoisotopic (exact) mass is 485 g/mol. The minimum Gasteiger partial charge on any atom is -0.376 e. The summed E-state index contributed by atoms with van der Waals surface area (Å²) in [5, 5.41) is 7.28. The number of nitrogens with zero attached hydrogens (tertiary/aromatic N) is 4. The fourth-order valence-corrected chi connectivity index (χ4v) is 4.42. The van der Waals surface area contributed by atoms with Crippen molar-refractivity contribution in [1.29, 1.82) is 0 Å². The van der Waals surface area contributed by atoms with Crippen LogP contribution in [0.2, 0.25) is 0 Å². The Labute approximate surface area is 204 Å². The lowest BCUT2D eigenvalue weighted by Gasteiger charge is -2.20. The second-order valence-electron chi connectivity index (χ2n) is 8.92. The molecule has 4 rings (SSSR count). The van der Waals surface area contributed by atoms with Gasteiger partial charge in [0.15, 0.2) is 5.69 Å². The molecule has 9 nitrogen and oxygen atoms in total. The maximum Gasteiger partial charge on any atom is 0.274 e. The largest absolute Gasteiger partial charge is 0.376 e. The highest BCUT2D eigenvalue weighted by molar-refractivity contribution is 5.98. The van der Waals surface area contributed by atoms with Crippen LogP contribution in [0, 0.1) is 5.82 Å². The third kappa shape index (κ3) is 6.25. The van der Waals surface area contributed by atoms with Gasteiger partial charge in [-0.05, 0) is 43.9 Å². The number of aromatic nitrogens is 2. The zero-order valence-electron chi connectivity index (χ0n) is 20.0. The number of amides is 3. The van der Waals surface area contributed by atoms with Crippen LogP contribution in [-0.4, -0.2) is 76.2 Å². The van der Waals surface area contributed by atoms with E-state index >= 15 is 0 Å². The predicted molar refractivity (Wildman–Crippen MR) is 126 cm³/mol. The van der Waals surface area contributed by atoms with Crippen LogP contribution < -0.4 is 5.32 Å². The molecule has 188 valence electrons. The van der Waals surface area contributed by atoms with Gasteiger partial charge in [-0.15, -0.1) is 0 Å². The Bertz CT molecular complexity index is 1050. The third-order valence-electron chi connectivity index (χ3n) is 6.42. The van der Waals surface area contributed by atoms with Gasteiger partial charge >= 0.3 is 0 Å². The van der Waals surface area contributed by atoms with E-state index in [1.807, 2.05) is 6.92 Å². The summed E-state index contributed by atoms with van der Waals surface area (Å²) in [6, 6.07) is 7.61. The highest BCUT2D eigenvalue weighted by Gasteiger charge is 2.28. The van der Waals surface area contributed by atoms with Crippen molar-refractivity contribution in [3.05, 3.63) is 53.1 Å². The Morgan fingerprint density at radius 3 is 2.74 bits per heavy atom. The number of nitrogens with one attached hydrogen (secondary N) is 1. The summed E-state index contributed by atoms with van der Waals surface area (Å²) in [7, 11) is 0. The van der Waals surface area contributed by atoms with E-state index in [4.69, 9.17) is 4.74 Å². The van der Waals surface area contributed by atoms with Gasteiger partial charge in [-0.1, -0.05) is 12.1 Å². The summed E-state index contributed by atoms with van der Waals surface area (Å²) in [5.41, 5.74) is 1.39. The van der Waals surface area contributed by atoms with Crippen molar-refractivity contribution < 1.29 is 23.5 Å². The Hall–Kier alpha value is -3.27. The van der Waals surface area contributed by atoms with Crippen molar-refractivity contribution in [2.45, 2.75) is 51.8 Å². The first kappa shape index (κ1) is 24.8. The second-order valence-corrected chi connectivity index (χ2v) is 8.92. The molecular formula is C25H32FN5O4. The SMILES string of the molecule is CCN(CCC(=O)NCC1CCCO1)C(=O)c1cc2n(n1)CCCN(Cc1ccc(F)cc1)C2=O. The molecule has 1 saturated heterocycles. The number of benzene rings is 1. The lowest BCUT2D eigenvalue weighted by atomic mass is 10.2. The lowest BCUT2D eigenvalue weighted by Crippen LogP contribution is -2.37. The average molecular weight is 486 g/mol. The molecule has 35 heavy (non-hydrogen) atoms. The first-order valence-corrected chi connectivity index (χ1v) is 12.2. The summed E-state index contributed by atoms with van der Waals surface area (Å²) in [6.07, 6.45) is 2.91. The molecule has 1 atom stereocenters. The summed E-state index contributed by atoms with van der Waals surface area (Å²) < 4.78 is 20.3. The predicted octanol–water partition coefficient (Wildman–Crippen LogP) is 2.22. The van der Waals surface area contributed by atoms with Crippen LogP contribution in [0.5, 0.6) is 0 Å². The van der Waals surface area contributed by atoms with E-state index in [9.17, 15) is 18.8 Å². The molecule has 0 spiro atoms. The summed E-state index contributed by atoms with van der Waals surface area (Å²) in [6.45, 7) is 5.18. The highest BCUT2D eigenvalue weighted by atomic mass is 19.1. The van der Waals surface area contributed by atoms with Crippen molar-refractivity contribution in [2.75, 3.05) is 32.8 Å². The molecule has 10 heteroatoms. The van der Waals surface area contributed by atoms with Crippen LogP contribution >= 0.6 is 0 Å².